The SMILES string of the molecule is COC(=O)C(CC(C)=O)=C1CCCCC1. The van der Waals surface area contributed by atoms with E-state index < -0.39 is 0 Å². The molecule has 0 saturated heterocycles. The van der Waals surface area contributed by atoms with Gasteiger partial charge in [-0.3, -0.25) is 4.79 Å². The summed E-state index contributed by atoms with van der Waals surface area (Å²) in [4.78, 5) is 22.6. The molecule has 0 atom stereocenters. The second kappa shape index (κ2) is 5.69. The summed E-state index contributed by atoms with van der Waals surface area (Å²) < 4.78 is 4.72. The van der Waals surface area contributed by atoms with Gasteiger partial charge in [0, 0.05) is 12.0 Å². The van der Waals surface area contributed by atoms with Gasteiger partial charge in [-0.2, -0.15) is 0 Å². The van der Waals surface area contributed by atoms with Crippen molar-refractivity contribution >= 4 is 11.8 Å². The lowest BCUT2D eigenvalue weighted by Crippen LogP contribution is -2.12. The van der Waals surface area contributed by atoms with Crippen molar-refractivity contribution in [3.63, 3.8) is 0 Å². The zero-order valence-corrected chi connectivity index (χ0v) is 9.47. The summed E-state index contributed by atoms with van der Waals surface area (Å²) in [7, 11) is 1.37. The maximum absolute atomic E-state index is 11.5. The molecule has 0 N–H and O–H groups in total. The molecule has 3 heteroatoms. The van der Waals surface area contributed by atoms with E-state index in [0.29, 0.717) is 5.57 Å². The van der Waals surface area contributed by atoms with Crippen LogP contribution in [-0.2, 0) is 14.3 Å². The highest BCUT2D eigenvalue weighted by Gasteiger charge is 2.19. The maximum atomic E-state index is 11.5. The van der Waals surface area contributed by atoms with Gasteiger partial charge in [0.05, 0.1) is 7.11 Å². The predicted octanol–water partition coefficient (Wildman–Crippen LogP) is 2.40. The summed E-state index contributed by atoms with van der Waals surface area (Å²) >= 11 is 0. The standard InChI is InChI=1S/C12H18O3/c1-9(13)8-11(12(14)15-2)10-6-4-3-5-7-10/h3-8H2,1-2H3. The van der Waals surface area contributed by atoms with Crippen molar-refractivity contribution in [3.8, 4) is 0 Å². The minimum Gasteiger partial charge on any atom is -0.466 e. The van der Waals surface area contributed by atoms with E-state index in [4.69, 9.17) is 4.74 Å². The summed E-state index contributed by atoms with van der Waals surface area (Å²) in [5, 5.41) is 0. The van der Waals surface area contributed by atoms with Gasteiger partial charge in [-0.25, -0.2) is 4.79 Å². The molecule has 1 rings (SSSR count). The highest BCUT2D eigenvalue weighted by Crippen LogP contribution is 2.27. The van der Waals surface area contributed by atoms with Gasteiger partial charge in [0.1, 0.15) is 5.78 Å². The number of hydrogen-bond donors (Lipinski definition) is 0. The van der Waals surface area contributed by atoms with Gasteiger partial charge in [0.25, 0.3) is 0 Å². The summed E-state index contributed by atoms with van der Waals surface area (Å²) in [5.74, 6) is -0.310. The molecule has 0 aromatic rings. The lowest BCUT2D eigenvalue weighted by molar-refractivity contribution is -0.137. The molecule has 84 valence electrons. The Balaban J connectivity index is 2.85. The third kappa shape index (κ3) is 3.50. The monoisotopic (exact) mass is 210 g/mol. The molecular formula is C12H18O3. The molecule has 0 bridgehead atoms. The molecule has 0 aromatic heterocycles. The minimum absolute atomic E-state index is 0.0217. The first-order valence-corrected chi connectivity index (χ1v) is 5.43. The van der Waals surface area contributed by atoms with E-state index in [0.717, 1.165) is 31.3 Å². The van der Waals surface area contributed by atoms with E-state index in [1.165, 1.54) is 20.5 Å². The van der Waals surface area contributed by atoms with Crippen LogP contribution in [0.15, 0.2) is 11.1 Å². The number of esters is 1. The van der Waals surface area contributed by atoms with Crippen molar-refractivity contribution in [2.75, 3.05) is 7.11 Å². The fraction of sp³-hybridized carbons (Fsp3) is 0.667. The van der Waals surface area contributed by atoms with Crippen LogP contribution in [0.25, 0.3) is 0 Å². The van der Waals surface area contributed by atoms with Crippen LogP contribution in [0.1, 0.15) is 45.4 Å². The second-order valence-corrected chi connectivity index (χ2v) is 4.01. The Labute approximate surface area is 90.5 Å². The van der Waals surface area contributed by atoms with Crippen LogP contribution >= 0.6 is 0 Å². The quantitative estimate of drug-likeness (QED) is 0.530. The number of ketones is 1. The molecule has 1 saturated carbocycles. The predicted molar refractivity (Wildman–Crippen MR) is 57.4 cm³/mol. The molecule has 1 fully saturated rings. The van der Waals surface area contributed by atoms with Crippen LogP contribution in [-0.4, -0.2) is 18.9 Å². The van der Waals surface area contributed by atoms with Crippen LogP contribution in [0, 0.1) is 0 Å². The molecule has 0 unspecified atom stereocenters. The topological polar surface area (TPSA) is 43.4 Å². The van der Waals surface area contributed by atoms with Crippen LogP contribution in [0.2, 0.25) is 0 Å². The number of methoxy groups -OCH3 is 1. The van der Waals surface area contributed by atoms with Crippen LogP contribution in [0.5, 0.6) is 0 Å². The first-order valence-electron chi connectivity index (χ1n) is 5.43. The maximum Gasteiger partial charge on any atom is 0.334 e. The minimum atomic E-state index is -0.331. The summed E-state index contributed by atoms with van der Waals surface area (Å²) in [6.45, 7) is 1.51. The zero-order valence-electron chi connectivity index (χ0n) is 9.47. The zero-order chi connectivity index (χ0) is 11.3. The number of carbonyl (C=O) groups excluding carboxylic acids is 2. The van der Waals surface area contributed by atoms with Crippen LogP contribution in [0.3, 0.4) is 0 Å². The largest absolute Gasteiger partial charge is 0.466 e. The average molecular weight is 210 g/mol. The van der Waals surface area contributed by atoms with Gasteiger partial charge >= 0.3 is 5.97 Å². The Morgan fingerprint density at radius 1 is 1.20 bits per heavy atom. The molecule has 0 aromatic carbocycles. The number of hydrogen-bond acceptors (Lipinski definition) is 3. The Kier molecular flexibility index (Phi) is 4.53. The van der Waals surface area contributed by atoms with Crippen LogP contribution < -0.4 is 0 Å². The fourth-order valence-corrected chi connectivity index (χ4v) is 1.99. The van der Waals surface area contributed by atoms with Gasteiger partial charge in [-0.1, -0.05) is 12.0 Å². The molecule has 0 radical (unpaired) electrons. The van der Waals surface area contributed by atoms with Crippen molar-refractivity contribution < 1.29 is 14.3 Å². The Morgan fingerprint density at radius 3 is 2.27 bits per heavy atom. The summed E-state index contributed by atoms with van der Waals surface area (Å²) in [6, 6.07) is 0. The van der Waals surface area contributed by atoms with Gasteiger partial charge in [0.2, 0.25) is 0 Å². The van der Waals surface area contributed by atoms with Gasteiger partial charge in [-0.15, -0.1) is 0 Å². The molecular weight excluding hydrogens is 192 g/mol. The van der Waals surface area contributed by atoms with E-state index in [9.17, 15) is 9.59 Å². The molecule has 0 aliphatic heterocycles. The molecule has 0 amide bonds. The van der Waals surface area contributed by atoms with E-state index in [1.54, 1.807) is 0 Å². The van der Waals surface area contributed by atoms with E-state index in [1.807, 2.05) is 0 Å². The smallest absolute Gasteiger partial charge is 0.334 e. The van der Waals surface area contributed by atoms with Gasteiger partial charge < -0.3 is 4.74 Å². The average Bonchev–Trinajstić information content (AvgIpc) is 2.26. The van der Waals surface area contributed by atoms with Crippen molar-refractivity contribution in [2.45, 2.75) is 45.4 Å². The van der Waals surface area contributed by atoms with Crippen LogP contribution in [0.4, 0.5) is 0 Å². The van der Waals surface area contributed by atoms with Gasteiger partial charge in [0.15, 0.2) is 0 Å². The summed E-state index contributed by atoms with van der Waals surface area (Å²) in [6.07, 6.45) is 5.57. The van der Waals surface area contributed by atoms with E-state index >= 15 is 0 Å². The molecule has 3 nitrogen and oxygen atoms in total. The van der Waals surface area contributed by atoms with Crippen molar-refractivity contribution in [1.29, 1.82) is 0 Å². The first-order chi connectivity index (χ1) is 7.15. The van der Waals surface area contributed by atoms with E-state index in [2.05, 4.69) is 0 Å². The van der Waals surface area contributed by atoms with E-state index in [-0.39, 0.29) is 18.2 Å². The number of carbonyl (C=O) groups is 2. The van der Waals surface area contributed by atoms with Crippen molar-refractivity contribution in [1.82, 2.24) is 0 Å². The third-order valence-electron chi connectivity index (χ3n) is 2.74. The molecule has 1 aliphatic rings. The number of ether oxygens (including phenoxy) is 1. The fourth-order valence-electron chi connectivity index (χ4n) is 1.99. The lowest BCUT2D eigenvalue weighted by Gasteiger charge is -2.17. The highest BCUT2D eigenvalue weighted by atomic mass is 16.5. The van der Waals surface area contributed by atoms with Crippen molar-refractivity contribution in [2.24, 2.45) is 0 Å². The second-order valence-electron chi connectivity index (χ2n) is 4.01. The number of rotatable bonds is 3. The highest BCUT2D eigenvalue weighted by molar-refractivity contribution is 5.95. The first kappa shape index (κ1) is 12.0. The number of Topliss-reactive ketones (excluding diaryl/α,β-unsaturated/α-hetero) is 1. The number of allylic oxidation sites excluding steroid dienone is 1. The summed E-state index contributed by atoms with van der Waals surface area (Å²) in [5.41, 5.74) is 1.73. The molecule has 0 heterocycles. The Hall–Kier alpha value is -1.12. The van der Waals surface area contributed by atoms with Crippen molar-refractivity contribution in [3.05, 3.63) is 11.1 Å². The van der Waals surface area contributed by atoms with Gasteiger partial charge in [-0.05, 0) is 32.6 Å². The Bertz CT molecular complexity index is 281. The Morgan fingerprint density at radius 2 is 1.80 bits per heavy atom. The molecule has 1 aliphatic carbocycles. The molecule has 0 spiro atoms. The normalized spacial score (nSPS) is 16.0. The third-order valence-corrected chi connectivity index (χ3v) is 2.74. The lowest BCUT2D eigenvalue weighted by atomic mass is 9.89. The molecule has 15 heavy (non-hydrogen) atoms.